The van der Waals surface area contributed by atoms with Crippen LogP contribution in [-0.2, 0) is 25.5 Å². The molecule has 1 amide bonds. The average Bonchev–Trinajstić information content (AvgIpc) is 2.89. The molecule has 0 spiro atoms. The van der Waals surface area contributed by atoms with Crippen LogP contribution in [0.3, 0.4) is 0 Å². The van der Waals surface area contributed by atoms with Crippen molar-refractivity contribution in [3.63, 3.8) is 0 Å². The van der Waals surface area contributed by atoms with Crippen LogP contribution in [0.25, 0.3) is 11.1 Å². The van der Waals surface area contributed by atoms with Gasteiger partial charge in [-0.05, 0) is 107 Å². The average molecular weight is 554 g/mol. The summed E-state index contributed by atoms with van der Waals surface area (Å²) >= 11 is 1.61. The summed E-state index contributed by atoms with van der Waals surface area (Å²) < 4.78 is 11.3. The largest absolute Gasteiger partial charge is 0.462 e. The number of hydrogen-bond acceptors (Lipinski definition) is 6. The van der Waals surface area contributed by atoms with Gasteiger partial charge in [0.15, 0.2) is 0 Å². The molecule has 1 saturated carbocycles. The van der Waals surface area contributed by atoms with Gasteiger partial charge in [0.2, 0.25) is 0 Å². The number of ether oxygens (including phenoxy) is 2. The summed E-state index contributed by atoms with van der Waals surface area (Å²) in [6, 6.07) is 12.8. The summed E-state index contributed by atoms with van der Waals surface area (Å²) in [5.41, 5.74) is 3.54. The van der Waals surface area contributed by atoms with E-state index in [4.69, 9.17) is 9.47 Å². The Kier molecular flexibility index (Phi) is 11.5. The van der Waals surface area contributed by atoms with E-state index in [0.29, 0.717) is 30.6 Å². The van der Waals surface area contributed by atoms with Crippen molar-refractivity contribution >= 4 is 29.6 Å². The molecule has 1 aliphatic carbocycles. The maximum atomic E-state index is 13.6. The summed E-state index contributed by atoms with van der Waals surface area (Å²) in [7, 11) is 0. The van der Waals surface area contributed by atoms with Crippen molar-refractivity contribution in [2.75, 3.05) is 12.0 Å². The number of amides is 1. The Hall–Kier alpha value is -2.80. The third-order valence-corrected chi connectivity index (χ3v) is 7.48. The van der Waals surface area contributed by atoms with Crippen LogP contribution in [-0.4, -0.2) is 47.6 Å². The second-order valence-electron chi connectivity index (χ2n) is 11.3. The van der Waals surface area contributed by atoms with Crippen LogP contribution >= 0.6 is 11.8 Å². The van der Waals surface area contributed by atoms with Gasteiger partial charge in [0.05, 0.1) is 0 Å². The summed E-state index contributed by atoms with van der Waals surface area (Å²) in [6.45, 7) is 7.46. The van der Waals surface area contributed by atoms with E-state index in [1.165, 1.54) is 6.42 Å². The molecule has 0 bridgehead atoms. The molecular formula is C32H43NO5S. The van der Waals surface area contributed by atoms with Gasteiger partial charge in [-0.15, -0.1) is 0 Å². The molecular weight excluding hydrogens is 510 g/mol. The van der Waals surface area contributed by atoms with Gasteiger partial charge in [-0.2, -0.15) is 11.8 Å². The van der Waals surface area contributed by atoms with Crippen molar-refractivity contribution in [2.45, 2.75) is 96.8 Å². The smallest absolute Gasteiger partial charge is 0.329 e. The lowest BCUT2D eigenvalue weighted by Gasteiger charge is -2.25. The van der Waals surface area contributed by atoms with Crippen LogP contribution in [0.1, 0.15) is 87.2 Å². The molecule has 39 heavy (non-hydrogen) atoms. The highest BCUT2D eigenvalue weighted by Gasteiger charge is 2.28. The third kappa shape index (κ3) is 9.71. The molecule has 0 radical (unpaired) electrons. The van der Waals surface area contributed by atoms with Crippen LogP contribution in [0, 0.1) is 6.92 Å². The van der Waals surface area contributed by atoms with E-state index >= 15 is 0 Å². The minimum atomic E-state index is -0.747. The van der Waals surface area contributed by atoms with Gasteiger partial charge in [-0.1, -0.05) is 42.8 Å². The van der Waals surface area contributed by atoms with Crippen molar-refractivity contribution in [3.05, 3.63) is 59.2 Å². The molecule has 7 heteroatoms. The van der Waals surface area contributed by atoms with Gasteiger partial charge in [0.1, 0.15) is 17.7 Å². The van der Waals surface area contributed by atoms with Gasteiger partial charge in [-0.3, -0.25) is 9.59 Å². The van der Waals surface area contributed by atoms with E-state index in [1.54, 1.807) is 17.8 Å². The fourth-order valence-electron chi connectivity index (χ4n) is 4.81. The molecule has 0 heterocycles. The van der Waals surface area contributed by atoms with E-state index in [1.807, 2.05) is 70.3 Å². The first-order chi connectivity index (χ1) is 18.6. The number of carbonyl (C=O) groups is 3. The number of thioether (sulfide) groups is 1. The minimum absolute atomic E-state index is 0.0453. The zero-order valence-electron chi connectivity index (χ0n) is 24.0. The number of benzene rings is 2. The van der Waals surface area contributed by atoms with Crippen LogP contribution in [0.5, 0.6) is 0 Å². The normalized spacial score (nSPS) is 14.9. The lowest BCUT2D eigenvalue weighted by Crippen LogP contribution is -2.44. The Morgan fingerprint density at radius 2 is 1.74 bits per heavy atom. The fraction of sp³-hybridized carbons (Fsp3) is 0.531. The van der Waals surface area contributed by atoms with E-state index in [-0.39, 0.29) is 18.0 Å². The molecule has 212 valence electrons. The highest BCUT2D eigenvalue weighted by atomic mass is 32.2. The van der Waals surface area contributed by atoms with Crippen LogP contribution in [0.15, 0.2) is 42.5 Å². The molecule has 6 nitrogen and oxygen atoms in total. The Morgan fingerprint density at radius 1 is 1.03 bits per heavy atom. The molecule has 2 aromatic carbocycles. The van der Waals surface area contributed by atoms with Gasteiger partial charge < -0.3 is 14.8 Å². The Balaban J connectivity index is 1.82. The minimum Gasteiger partial charge on any atom is -0.462 e. The first kappa shape index (κ1) is 30.7. The second kappa shape index (κ2) is 14.5. The number of hydrogen-bond donors (Lipinski definition) is 1. The topological polar surface area (TPSA) is 81.7 Å². The van der Waals surface area contributed by atoms with Crippen LogP contribution in [0.4, 0.5) is 0 Å². The monoisotopic (exact) mass is 553 g/mol. The lowest BCUT2D eigenvalue weighted by atomic mass is 9.92. The van der Waals surface area contributed by atoms with Gasteiger partial charge in [-0.25, -0.2) is 4.79 Å². The summed E-state index contributed by atoms with van der Waals surface area (Å²) in [6.07, 6.45) is 8.67. The molecule has 1 aliphatic rings. The Labute approximate surface area is 237 Å². The van der Waals surface area contributed by atoms with E-state index in [9.17, 15) is 14.4 Å². The van der Waals surface area contributed by atoms with E-state index < -0.39 is 17.6 Å². The molecule has 2 aromatic rings. The van der Waals surface area contributed by atoms with E-state index in [2.05, 4.69) is 5.32 Å². The summed E-state index contributed by atoms with van der Waals surface area (Å²) in [4.78, 5) is 39.0. The third-order valence-electron chi connectivity index (χ3n) is 6.84. The molecule has 3 rings (SSSR count). The molecule has 0 aromatic heterocycles. The predicted octanol–water partition coefficient (Wildman–Crippen LogP) is 6.66. The molecule has 1 fully saturated rings. The quantitative estimate of drug-likeness (QED) is 0.313. The highest BCUT2D eigenvalue weighted by molar-refractivity contribution is 7.98. The Morgan fingerprint density at radius 3 is 2.41 bits per heavy atom. The van der Waals surface area contributed by atoms with Crippen molar-refractivity contribution in [1.29, 1.82) is 0 Å². The molecule has 1 N–H and O–H groups in total. The molecule has 0 aliphatic heterocycles. The first-order valence-corrected chi connectivity index (χ1v) is 15.4. The van der Waals surface area contributed by atoms with Crippen molar-refractivity contribution in [2.24, 2.45) is 0 Å². The summed E-state index contributed by atoms with van der Waals surface area (Å²) in [5.74, 6) is -0.218. The fourth-order valence-corrected chi connectivity index (χ4v) is 5.28. The lowest BCUT2D eigenvalue weighted by molar-refractivity contribution is -0.157. The summed E-state index contributed by atoms with van der Waals surface area (Å²) in [5, 5.41) is 2.93. The van der Waals surface area contributed by atoms with Crippen LogP contribution < -0.4 is 5.32 Å². The highest BCUT2D eigenvalue weighted by Crippen LogP contribution is 2.29. The maximum Gasteiger partial charge on any atom is 0.329 e. The SMILES string of the molecule is CSCC[C@H](NC(=O)c1ccc(CCC(=O)OC2CCCCC2)cc1-c1ccccc1C)C(=O)OC(C)(C)C. The number of aryl methyl sites for hydroxylation is 2. The van der Waals surface area contributed by atoms with Gasteiger partial charge in [0.25, 0.3) is 5.91 Å². The molecule has 1 atom stereocenters. The second-order valence-corrected chi connectivity index (χ2v) is 12.3. The maximum absolute atomic E-state index is 13.6. The molecule has 0 saturated heterocycles. The van der Waals surface area contributed by atoms with Gasteiger partial charge >= 0.3 is 11.9 Å². The standard InChI is InChI=1S/C32H43NO5S/c1-22-11-9-10-14-25(22)27-21-23(16-18-29(34)37-24-12-7-6-8-13-24)15-17-26(27)30(35)33-28(19-20-39-5)31(36)38-32(2,3)4/h9-11,14-15,17,21,24,28H,6-8,12-13,16,18-20H2,1-5H3,(H,33,35)/t28-/m0/s1. The van der Waals surface area contributed by atoms with Crippen molar-refractivity contribution in [1.82, 2.24) is 5.32 Å². The van der Waals surface area contributed by atoms with Crippen molar-refractivity contribution in [3.8, 4) is 11.1 Å². The van der Waals surface area contributed by atoms with Gasteiger partial charge in [0, 0.05) is 12.0 Å². The first-order valence-electron chi connectivity index (χ1n) is 14.0. The van der Waals surface area contributed by atoms with Crippen molar-refractivity contribution < 1.29 is 23.9 Å². The zero-order chi connectivity index (χ0) is 28.4. The number of rotatable bonds is 11. The zero-order valence-corrected chi connectivity index (χ0v) is 24.8. The molecule has 0 unspecified atom stereocenters. The van der Waals surface area contributed by atoms with Crippen LogP contribution in [0.2, 0.25) is 0 Å². The number of nitrogens with one attached hydrogen (secondary N) is 1. The predicted molar refractivity (Wildman–Crippen MR) is 158 cm³/mol. The number of carbonyl (C=O) groups excluding carboxylic acids is 3. The Bertz CT molecular complexity index is 1130. The number of esters is 2. The van der Waals surface area contributed by atoms with E-state index in [0.717, 1.165) is 47.9 Å².